The zero-order valence-corrected chi connectivity index (χ0v) is 15.2. The smallest absolute Gasteiger partial charge is 0.335 e. The summed E-state index contributed by atoms with van der Waals surface area (Å²) in [6.45, 7) is 3.56. The standard InChI is InChI=1S/C21H22N2O4/c1-14-23(17-8-5-15(6-9-17)21(25)26)18-10-7-16(13-19(18)27-14)20(24)22-11-3-2-4-12-22/h5-10,13-14H,2-4,11-12H2,1H3,(H,25,26)/t14-/m1/s1. The van der Waals surface area contributed by atoms with Gasteiger partial charge >= 0.3 is 5.97 Å². The van der Waals surface area contributed by atoms with E-state index in [1.165, 1.54) is 6.42 Å². The molecule has 0 unspecified atom stereocenters. The average Bonchev–Trinajstić information content (AvgIpc) is 3.03. The molecule has 1 saturated heterocycles. The van der Waals surface area contributed by atoms with Crippen LogP contribution in [0.3, 0.4) is 0 Å². The maximum atomic E-state index is 12.7. The molecule has 0 radical (unpaired) electrons. The van der Waals surface area contributed by atoms with Gasteiger partial charge in [0.05, 0.1) is 11.3 Å². The lowest BCUT2D eigenvalue weighted by atomic mass is 10.1. The lowest BCUT2D eigenvalue weighted by Gasteiger charge is -2.26. The Balaban J connectivity index is 1.60. The Morgan fingerprint density at radius 2 is 1.67 bits per heavy atom. The zero-order valence-electron chi connectivity index (χ0n) is 15.2. The average molecular weight is 366 g/mol. The molecule has 2 aliphatic heterocycles. The predicted octanol–water partition coefficient (Wildman–Crippen LogP) is 3.89. The normalized spacial score (nSPS) is 18.8. The van der Waals surface area contributed by atoms with Gasteiger partial charge in [0.25, 0.3) is 5.91 Å². The molecule has 6 nitrogen and oxygen atoms in total. The molecule has 0 bridgehead atoms. The molecule has 2 heterocycles. The minimum atomic E-state index is -0.950. The molecular formula is C21H22N2O4. The topological polar surface area (TPSA) is 70.1 Å². The number of fused-ring (bicyclic) bond motifs is 1. The molecule has 27 heavy (non-hydrogen) atoms. The predicted molar refractivity (Wildman–Crippen MR) is 102 cm³/mol. The summed E-state index contributed by atoms with van der Waals surface area (Å²) in [5.74, 6) is -0.223. The van der Waals surface area contributed by atoms with Crippen molar-refractivity contribution < 1.29 is 19.4 Å². The van der Waals surface area contributed by atoms with Crippen LogP contribution in [-0.2, 0) is 0 Å². The Morgan fingerprint density at radius 1 is 1.00 bits per heavy atom. The van der Waals surface area contributed by atoms with E-state index in [1.807, 2.05) is 34.9 Å². The van der Waals surface area contributed by atoms with Gasteiger partial charge in [0.2, 0.25) is 0 Å². The number of carboxylic acids is 1. The number of likely N-dealkylation sites (tertiary alicyclic amines) is 1. The summed E-state index contributed by atoms with van der Waals surface area (Å²) in [5.41, 5.74) is 2.61. The number of piperidine rings is 1. The third-order valence-electron chi connectivity index (χ3n) is 5.16. The van der Waals surface area contributed by atoms with Crippen LogP contribution in [0.15, 0.2) is 42.5 Å². The Morgan fingerprint density at radius 3 is 2.33 bits per heavy atom. The number of ether oxygens (including phenoxy) is 1. The van der Waals surface area contributed by atoms with Crippen LogP contribution in [0.25, 0.3) is 0 Å². The highest BCUT2D eigenvalue weighted by Crippen LogP contribution is 2.42. The largest absolute Gasteiger partial charge is 0.478 e. The number of benzene rings is 2. The molecule has 0 aromatic heterocycles. The maximum Gasteiger partial charge on any atom is 0.335 e. The number of hydrogen-bond acceptors (Lipinski definition) is 4. The first-order valence-corrected chi connectivity index (χ1v) is 9.27. The molecule has 140 valence electrons. The molecule has 1 fully saturated rings. The van der Waals surface area contributed by atoms with Crippen LogP contribution in [0.4, 0.5) is 11.4 Å². The molecule has 2 aliphatic rings. The van der Waals surface area contributed by atoms with Crippen molar-refractivity contribution in [3.8, 4) is 5.75 Å². The highest BCUT2D eigenvalue weighted by Gasteiger charge is 2.30. The summed E-state index contributed by atoms with van der Waals surface area (Å²) in [5, 5.41) is 9.07. The van der Waals surface area contributed by atoms with E-state index >= 15 is 0 Å². The second-order valence-corrected chi connectivity index (χ2v) is 6.97. The van der Waals surface area contributed by atoms with Crippen molar-refractivity contribution in [3.63, 3.8) is 0 Å². The Hall–Kier alpha value is -3.02. The van der Waals surface area contributed by atoms with Crippen LogP contribution in [0.5, 0.6) is 5.75 Å². The van der Waals surface area contributed by atoms with Crippen LogP contribution in [0.1, 0.15) is 46.9 Å². The number of aromatic carboxylic acids is 1. The molecule has 0 saturated carbocycles. The summed E-state index contributed by atoms with van der Waals surface area (Å²) >= 11 is 0. The van der Waals surface area contributed by atoms with E-state index in [0.717, 1.165) is 37.3 Å². The van der Waals surface area contributed by atoms with Crippen molar-refractivity contribution in [2.24, 2.45) is 0 Å². The molecule has 0 spiro atoms. The van der Waals surface area contributed by atoms with Crippen LogP contribution < -0.4 is 9.64 Å². The summed E-state index contributed by atoms with van der Waals surface area (Å²) < 4.78 is 5.97. The van der Waals surface area contributed by atoms with E-state index in [9.17, 15) is 9.59 Å². The summed E-state index contributed by atoms with van der Waals surface area (Å²) in [6.07, 6.45) is 3.06. The van der Waals surface area contributed by atoms with Crippen molar-refractivity contribution >= 4 is 23.3 Å². The third kappa shape index (κ3) is 3.23. The highest BCUT2D eigenvalue weighted by molar-refractivity contribution is 5.96. The molecule has 0 aliphatic carbocycles. The van der Waals surface area contributed by atoms with Gasteiger partial charge in [-0.3, -0.25) is 4.79 Å². The first kappa shape index (κ1) is 17.4. The maximum absolute atomic E-state index is 12.7. The molecule has 2 aromatic carbocycles. The van der Waals surface area contributed by atoms with Crippen molar-refractivity contribution in [1.82, 2.24) is 4.90 Å². The van der Waals surface area contributed by atoms with Crippen LogP contribution in [-0.4, -0.2) is 41.2 Å². The SMILES string of the molecule is C[C@H]1Oc2cc(C(=O)N3CCCCC3)ccc2N1c1ccc(C(=O)O)cc1. The zero-order chi connectivity index (χ0) is 19.0. The second kappa shape index (κ2) is 6.95. The molecule has 4 rings (SSSR count). The van der Waals surface area contributed by atoms with Gasteiger partial charge in [0, 0.05) is 24.3 Å². The minimum Gasteiger partial charge on any atom is -0.478 e. The van der Waals surface area contributed by atoms with Gasteiger partial charge in [-0.05, 0) is 68.7 Å². The summed E-state index contributed by atoms with van der Waals surface area (Å²) in [6, 6.07) is 12.3. The molecular weight excluding hydrogens is 344 g/mol. The fourth-order valence-electron chi connectivity index (χ4n) is 3.77. The molecule has 2 aromatic rings. The monoisotopic (exact) mass is 366 g/mol. The van der Waals surface area contributed by atoms with E-state index in [2.05, 4.69) is 0 Å². The molecule has 1 atom stereocenters. The highest BCUT2D eigenvalue weighted by atomic mass is 16.5. The van der Waals surface area contributed by atoms with Crippen molar-refractivity contribution in [2.45, 2.75) is 32.4 Å². The van der Waals surface area contributed by atoms with Gasteiger partial charge in [0.15, 0.2) is 6.23 Å². The quantitative estimate of drug-likeness (QED) is 0.892. The van der Waals surface area contributed by atoms with Gasteiger partial charge in [-0.2, -0.15) is 0 Å². The van der Waals surface area contributed by atoms with Crippen molar-refractivity contribution in [1.29, 1.82) is 0 Å². The number of carboxylic acid groups (broad SMARTS) is 1. The van der Waals surface area contributed by atoms with Crippen LogP contribution >= 0.6 is 0 Å². The number of carbonyl (C=O) groups excluding carboxylic acids is 1. The Kier molecular flexibility index (Phi) is 4.48. The summed E-state index contributed by atoms with van der Waals surface area (Å²) in [4.78, 5) is 27.7. The molecule has 1 amide bonds. The van der Waals surface area contributed by atoms with Crippen molar-refractivity contribution in [2.75, 3.05) is 18.0 Å². The Bertz CT molecular complexity index is 872. The second-order valence-electron chi connectivity index (χ2n) is 6.97. The van der Waals surface area contributed by atoms with Crippen LogP contribution in [0, 0.1) is 0 Å². The van der Waals surface area contributed by atoms with E-state index in [-0.39, 0.29) is 17.7 Å². The fourth-order valence-corrected chi connectivity index (χ4v) is 3.77. The summed E-state index contributed by atoms with van der Waals surface area (Å²) in [7, 11) is 0. The van der Waals surface area contributed by atoms with Crippen molar-refractivity contribution in [3.05, 3.63) is 53.6 Å². The van der Waals surface area contributed by atoms with Crippen LogP contribution in [0.2, 0.25) is 0 Å². The third-order valence-corrected chi connectivity index (χ3v) is 5.16. The van der Waals surface area contributed by atoms with E-state index in [0.29, 0.717) is 11.3 Å². The lowest BCUT2D eigenvalue weighted by Crippen LogP contribution is -2.35. The Labute approximate surface area is 158 Å². The van der Waals surface area contributed by atoms with Gasteiger partial charge in [0.1, 0.15) is 5.75 Å². The van der Waals surface area contributed by atoms with E-state index in [4.69, 9.17) is 9.84 Å². The lowest BCUT2D eigenvalue weighted by molar-refractivity contribution is 0.0694. The molecule has 6 heteroatoms. The number of carbonyl (C=O) groups is 2. The van der Waals surface area contributed by atoms with Gasteiger partial charge in [-0.25, -0.2) is 4.79 Å². The van der Waals surface area contributed by atoms with Gasteiger partial charge < -0.3 is 19.6 Å². The number of anilines is 2. The fraction of sp³-hybridized carbons (Fsp3) is 0.333. The number of hydrogen-bond donors (Lipinski definition) is 1. The van der Waals surface area contributed by atoms with Gasteiger partial charge in [-0.1, -0.05) is 0 Å². The first-order valence-electron chi connectivity index (χ1n) is 9.27. The molecule has 1 N–H and O–H groups in total. The minimum absolute atomic E-state index is 0.0537. The number of rotatable bonds is 3. The van der Waals surface area contributed by atoms with E-state index in [1.54, 1.807) is 24.3 Å². The van der Waals surface area contributed by atoms with E-state index < -0.39 is 5.97 Å². The number of nitrogens with zero attached hydrogens (tertiary/aromatic N) is 2. The first-order chi connectivity index (χ1) is 13.0. The van der Waals surface area contributed by atoms with Gasteiger partial charge in [-0.15, -0.1) is 0 Å². The number of amides is 1.